The van der Waals surface area contributed by atoms with Crippen LogP contribution >= 0.6 is 0 Å². The zero-order valence-corrected chi connectivity index (χ0v) is 15.4. The standard InChI is InChI=1S/C20H28O6/c1-11-5-8-19-13(18(11,2)7-6-12-9-15(21)24-10-12)3-4-14-20(19,26-14)17(23)25-16(19)22/h9,11,13-14,16-17,22-23H,3-8,10H2,1-2H3. The minimum atomic E-state index is -1.04. The van der Waals surface area contributed by atoms with Crippen LogP contribution in [0.1, 0.15) is 52.4 Å². The molecule has 2 aliphatic carbocycles. The monoisotopic (exact) mass is 364 g/mol. The maximum Gasteiger partial charge on any atom is 0.331 e. The summed E-state index contributed by atoms with van der Waals surface area (Å²) in [5, 5.41) is 21.4. The molecule has 2 N–H and O–H groups in total. The van der Waals surface area contributed by atoms with Crippen molar-refractivity contribution in [2.24, 2.45) is 22.7 Å². The normalized spacial score (nSPS) is 54.8. The van der Waals surface area contributed by atoms with Crippen LogP contribution in [0.3, 0.4) is 0 Å². The highest BCUT2D eigenvalue weighted by Gasteiger charge is 2.84. The lowest BCUT2D eigenvalue weighted by Crippen LogP contribution is -2.61. The van der Waals surface area contributed by atoms with Crippen molar-refractivity contribution in [2.45, 2.75) is 76.7 Å². The Bertz CT molecular complexity index is 675. The molecular weight excluding hydrogens is 336 g/mol. The minimum absolute atomic E-state index is 0.00659. The molecule has 8 unspecified atom stereocenters. The fourth-order valence-electron chi connectivity index (χ4n) is 6.84. The van der Waals surface area contributed by atoms with Crippen molar-refractivity contribution in [3.8, 4) is 0 Å². The van der Waals surface area contributed by atoms with E-state index in [1.54, 1.807) is 6.08 Å². The van der Waals surface area contributed by atoms with E-state index < -0.39 is 23.6 Å². The molecule has 0 radical (unpaired) electrons. The van der Waals surface area contributed by atoms with Gasteiger partial charge in [-0.05, 0) is 61.3 Å². The van der Waals surface area contributed by atoms with E-state index in [0.717, 1.165) is 44.1 Å². The maximum atomic E-state index is 11.4. The lowest BCUT2D eigenvalue weighted by Gasteiger charge is -2.59. The summed E-state index contributed by atoms with van der Waals surface area (Å²) in [7, 11) is 0. The molecule has 2 saturated heterocycles. The molecule has 144 valence electrons. The first-order valence-electron chi connectivity index (χ1n) is 9.90. The van der Waals surface area contributed by atoms with Gasteiger partial charge in [0.15, 0.2) is 18.2 Å². The highest BCUT2D eigenvalue weighted by molar-refractivity contribution is 5.85. The summed E-state index contributed by atoms with van der Waals surface area (Å²) >= 11 is 0. The molecule has 0 aromatic rings. The van der Waals surface area contributed by atoms with Gasteiger partial charge in [0.2, 0.25) is 0 Å². The van der Waals surface area contributed by atoms with Gasteiger partial charge in [0.05, 0.1) is 11.5 Å². The summed E-state index contributed by atoms with van der Waals surface area (Å²) in [6, 6.07) is 0. The third kappa shape index (κ3) is 1.89. The van der Waals surface area contributed by atoms with Crippen LogP contribution in [0.5, 0.6) is 0 Å². The maximum absolute atomic E-state index is 11.4. The Balaban J connectivity index is 1.48. The lowest BCUT2D eigenvalue weighted by atomic mass is 9.44. The van der Waals surface area contributed by atoms with Crippen LogP contribution in [-0.2, 0) is 19.0 Å². The molecule has 5 rings (SSSR count). The molecule has 0 amide bonds. The average molecular weight is 364 g/mol. The highest BCUT2D eigenvalue weighted by Crippen LogP contribution is 2.75. The number of aliphatic hydroxyl groups excluding tert-OH is 2. The summed E-state index contributed by atoms with van der Waals surface area (Å²) in [4.78, 5) is 11.4. The van der Waals surface area contributed by atoms with E-state index in [-0.39, 0.29) is 23.4 Å². The van der Waals surface area contributed by atoms with Gasteiger partial charge >= 0.3 is 5.97 Å². The largest absolute Gasteiger partial charge is 0.458 e. The smallest absolute Gasteiger partial charge is 0.331 e. The second-order valence-electron chi connectivity index (χ2n) is 9.27. The van der Waals surface area contributed by atoms with E-state index in [0.29, 0.717) is 12.5 Å². The van der Waals surface area contributed by atoms with Gasteiger partial charge in [0.1, 0.15) is 6.61 Å². The van der Waals surface area contributed by atoms with Crippen molar-refractivity contribution in [1.82, 2.24) is 0 Å². The lowest BCUT2D eigenvalue weighted by molar-refractivity contribution is -0.212. The topological polar surface area (TPSA) is 88.5 Å². The van der Waals surface area contributed by atoms with Crippen LogP contribution in [-0.4, -0.2) is 47.1 Å². The van der Waals surface area contributed by atoms with E-state index in [1.807, 2.05) is 0 Å². The van der Waals surface area contributed by atoms with Gasteiger partial charge in [-0.2, -0.15) is 0 Å². The molecule has 3 heterocycles. The van der Waals surface area contributed by atoms with Crippen molar-refractivity contribution in [3.63, 3.8) is 0 Å². The SMILES string of the molecule is CC1CCC23C(O)OC(O)C24OC4CCC3C1(C)CCC1=CC(=O)OC1. The van der Waals surface area contributed by atoms with E-state index >= 15 is 0 Å². The first kappa shape index (κ1) is 17.2. The van der Waals surface area contributed by atoms with Crippen LogP contribution < -0.4 is 0 Å². The summed E-state index contributed by atoms with van der Waals surface area (Å²) in [5.74, 6) is 0.476. The number of ether oxygens (including phenoxy) is 3. The van der Waals surface area contributed by atoms with E-state index in [1.165, 1.54) is 0 Å². The van der Waals surface area contributed by atoms with Crippen molar-refractivity contribution < 1.29 is 29.2 Å². The van der Waals surface area contributed by atoms with Gasteiger partial charge < -0.3 is 24.4 Å². The third-order valence-electron chi connectivity index (χ3n) is 8.51. The number of aliphatic hydroxyl groups is 2. The molecule has 6 nitrogen and oxygen atoms in total. The molecule has 4 fully saturated rings. The van der Waals surface area contributed by atoms with Crippen LogP contribution in [0.15, 0.2) is 11.6 Å². The number of hydrogen-bond acceptors (Lipinski definition) is 6. The molecule has 6 heteroatoms. The molecule has 5 aliphatic rings. The number of esters is 1. The van der Waals surface area contributed by atoms with Crippen LogP contribution in [0.25, 0.3) is 0 Å². The molecular formula is C20H28O6. The van der Waals surface area contributed by atoms with Crippen molar-refractivity contribution in [1.29, 1.82) is 0 Å². The Hall–Kier alpha value is -0.950. The summed E-state index contributed by atoms with van der Waals surface area (Å²) in [6.07, 6.45) is 5.07. The minimum Gasteiger partial charge on any atom is -0.458 e. The molecule has 26 heavy (non-hydrogen) atoms. The van der Waals surface area contributed by atoms with Crippen molar-refractivity contribution >= 4 is 5.97 Å². The Kier molecular flexibility index (Phi) is 3.51. The van der Waals surface area contributed by atoms with E-state index in [2.05, 4.69) is 13.8 Å². The van der Waals surface area contributed by atoms with Gasteiger partial charge in [-0.15, -0.1) is 0 Å². The number of cyclic esters (lactones) is 1. The molecule has 0 bridgehead atoms. The molecule has 0 aromatic heterocycles. The second kappa shape index (κ2) is 5.31. The molecule has 8 atom stereocenters. The van der Waals surface area contributed by atoms with Gasteiger partial charge in [0.25, 0.3) is 0 Å². The quantitative estimate of drug-likeness (QED) is 0.587. The second-order valence-corrected chi connectivity index (χ2v) is 9.27. The number of hydrogen-bond donors (Lipinski definition) is 2. The van der Waals surface area contributed by atoms with Gasteiger partial charge in [-0.1, -0.05) is 13.8 Å². The average Bonchev–Trinajstić information content (AvgIpc) is 3.17. The molecule has 2 saturated carbocycles. The molecule has 3 aliphatic heterocycles. The predicted molar refractivity (Wildman–Crippen MR) is 90.6 cm³/mol. The number of rotatable bonds is 3. The van der Waals surface area contributed by atoms with E-state index in [9.17, 15) is 15.0 Å². The Morgan fingerprint density at radius 1 is 1.23 bits per heavy atom. The summed E-state index contributed by atoms with van der Waals surface area (Å²) in [5.41, 5.74) is -0.198. The van der Waals surface area contributed by atoms with E-state index in [4.69, 9.17) is 14.2 Å². The van der Waals surface area contributed by atoms with Crippen LogP contribution in [0, 0.1) is 22.7 Å². The van der Waals surface area contributed by atoms with Gasteiger partial charge in [-0.25, -0.2) is 4.79 Å². The first-order valence-corrected chi connectivity index (χ1v) is 9.90. The molecule has 0 aromatic carbocycles. The first-order chi connectivity index (χ1) is 12.3. The Labute approximate surface area is 153 Å². The highest BCUT2D eigenvalue weighted by atomic mass is 16.7. The molecule has 2 spiro atoms. The third-order valence-corrected chi connectivity index (χ3v) is 8.51. The van der Waals surface area contributed by atoms with Crippen molar-refractivity contribution in [3.05, 3.63) is 11.6 Å². The number of epoxide rings is 1. The Morgan fingerprint density at radius 2 is 2.04 bits per heavy atom. The fourth-order valence-corrected chi connectivity index (χ4v) is 6.84. The van der Waals surface area contributed by atoms with Crippen molar-refractivity contribution in [2.75, 3.05) is 6.61 Å². The summed E-state index contributed by atoms with van der Waals surface area (Å²) in [6.45, 7) is 5.01. The van der Waals surface area contributed by atoms with Crippen LogP contribution in [0.4, 0.5) is 0 Å². The fraction of sp³-hybridized carbons (Fsp3) is 0.850. The zero-order valence-electron chi connectivity index (χ0n) is 15.4. The zero-order chi connectivity index (χ0) is 18.3. The van der Waals surface area contributed by atoms with Crippen LogP contribution in [0.2, 0.25) is 0 Å². The number of carbonyl (C=O) groups excluding carboxylic acids is 1. The van der Waals surface area contributed by atoms with Gasteiger partial charge in [0, 0.05) is 6.08 Å². The number of carbonyl (C=O) groups is 1. The summed E-state index contributed by atoms with van der Waals surface area (Å²) < 4.78 is 16.6. The van der Waals surface area contributed by atoms with Gasteiger partial charge in [-0.3, -0.25) is 0 Å². The predicted octanol–water partition coefficient (Wildman–Crippen LogP) is 1.89. The Morgan fingerprint density at radius 3 is 2.77 bits per heavy atom.